The van der Waals surface area contributed by atoms with Gasteiger partial charge in [-0.05, 0) is 25.4 Å². The van der Waals surface area contributed by atoms with Crippen LogP contribution in [0, 0.1) is 5.92 Å². The fraction of sp³-hybridized carbons (Fsp3) is 1.00. The Morgan fingerprint density at radius 1 is 1.58 bits per heavy atom. The molecule has 74 valence electrons. The number of hydrogen-bond donors (Lipinski definition) is 1. The minimum Gasteiger partial charge on any atom is -0.315 e. The Morgan fingerprint density at radius 3 is 2.75 bits per heavy atom. The molecule has 1 aliphatic rings. The highest BCUT2D eigenvalue weighted by Gasteiger charge is 2.20. The molecule has 0 saturated carbocycles. The van der Waals surface area contributed by atoms with E-state index < -0.39 is 0 Å². The van der Waals surface area contributed by atoms with Crippen molar-refractivity contribution in [1.82, 2.24) is 10.2 Å². The first-order valence-electron chi connectivity index (χ1n) is 5.18. The van der Waals surface area contributed by atoms with Crippen LogP contribution in [0.3, 0.4) is 0 Å². The van der Waals surface area contributed by atoms with Crippen LogP contribution in [0.1, 0.15) is 28.6 Å². The van der Waals surface area contributed by atoms with Crippen molar-refractivity contribution in [3.8, 4) is 0 Å². The summed E-state index contributed by atoms with van der Waals surface area (Å²) in [5.74, 6) is 0.797. The van der Waals surface area contributed by atoms with E-state index in [1.54, 1.807) is 0 Å². The maximum absolute atomic E-state index is 3.42. The topological polar surface area (TPSA) is 15.3 Å². The van der Waals surface area contributed by atoms with E-state index in [0.29, 0.717) is 0 Å². The van der Waals surface area contributed by atoms with Gasteiger partial charge in [-0.1, -0.05) is 20.8 Å². The molecular weight excluding hydrogens is 148 g/mol. The minimum atomic E-state index is 0. The summed E-state index contributed by atoms with van der Waals surface area (Å²) in [6, 6.07) is 0.803. The molecule has 0 radical (unpaired) electrons. The summed E-state index contributed by atoms with van der Waals surface area (Å²) in [6.07, 6.45) is 1.33. The summed E-state index contributed by atoms with van der Waals surface area (Å²) < 4.78 is 0. The Bertz CT molecular complexity index is 122. The van der Waals surface area contributed by atoms with Gasteiger partial charge in [0.05, 0.1) is 0 Å². The van der Waals surface area contributed by atoms with Gasteiger partial charge in [0, 0.05) is 20.6 Å². The summed E-state index contributed by atoms with van der Waals surface area (Å²) in [5.41, 5.74) is 0. The second-order valence-corrected chi connectivity index (χ2v) is 4.13. The van der Waals surface area contributed by atoms with Crippen LogP contribution < -0.4 is 5.32 Å². The molecular formula is C10H24N2. The molecule has 1 unspecified atom stereocenters. The van der Waals surface area contributed by atoms with E-state index in [2.05, 4.69) is 31.0 Å². The Labute approximate surface area is 77.8 Å². The lowest BCUT2D eigenvalue weighted by molar-refractivity contribution is 0.195. The molecule has 0 bridgehead atoms. The van der Waals surface area contributed by atoms with Crippen molar-refractivity contribution in [3.63, 3.8) is 0 Å². The molecule has 1 aliphatic heterocycles. The fourth-order valence-electron chi connectivity index (χ4n) is 1.96. The molecule has 2 heteroatoms. The van der Waals surface area contributed by atoms with Gasteiger partial charge in [-0.25, -0.2) is 0 Å². The predicted molar refractivity (Wildman–Crippen MR) is 55.5 cm³/mol. The van der Waals surface area contributed by atoms with Crippen LogP contribution in [0.4, 0.5) is 0 Å². The summed E-state index contributed by atoms with van der Waals surface area (Å²) in [7, 11) is 0. The van der Waals surface area contributed by atoms with Crippen molar-refractivity contribution < 1.29 is 1.43 Å². The van der Waals surface area contributed by atoms with Crippen LogP contribution in [-0.2, 0) is 0 Å². The molecule has 0 spiro atoms. The first-order valence-corrected chi connectivity index (χ1v) is 5.18. The van der Waals surface area contributed by atoms with Gasteiger partial charge < -0.3 is 5.32 Å². The highest BCUT2D eigenvalue weighted by molar-refractivity contribution is 4.80. The third-order valence-corrected chi connectivity index (χ3v) is 2.56. The molecule has 0 aromatic rings. The molecule has 0 aromatic heterocycles. The normalized spacial score (nSPS) is 24.2. The lowest BCUT2D eigenvalue weighted by atomic mass is 10.1. The van der Waals surface area contributed by atoms with Crippen LogP contribution in [-0.4, -0.2) is 37.1 Å². The van der Waals surface area contributed by atoms with Crippen LogP contribution in [0.2, 0.25) is 0 Å². The number of nitrogens with one attached hydrogen (secondary N) is 1. The Morgan fingerprint density at radius 2 is 2.33 bits per heavy atom. The first-order chi connectivity index (χ1) is 5.74. The van der Waals surface area contributed by atoms with E-state index in [-0.39, 0.29) is 1.43 Å². The zero-order valence-corrected chi connectivity index (χ0v) is 8.64. The SMILES string of the molecule is CCN(CC(C)C)C1CCNC1.[HH]. The van der Waals surface area contributed by atoms with Crippen molar-refractivity contribution >= 4 is 0 Å². The Balaban J connectivity index is 0.00000144. The number of rotatable bonds is 4. The quantitative estimate of drug-likeness (QED) is 0.692. The number of likely N-dealkylation sites (N-methyl/N-ethyl adjacent to an activating group) is 1. The predicted octanol–water partition coefficient (Wildman–Crippen LogP) is 1.57. The Kier molecular flexibility index (Phi) is 4.02. The minimum absolute atomic E-state index is 0. The second-order valence-electron chi connectivity index (χ2n) is 4.13. The lowest BCUT2D eigenvalue weighted by Crippen LogP contribution is -2.39. The zero-order valence-electron chi connectivity index (χ0n) is 8.64. The third-order valence-electron chi connectivity index (χ3n) is 2.56. The van der Waals surface area contributed by atoms with E-state index in [1.165, 1.54) is 32.6 Å². The second kappa shape index (κ2) is 4.83. The van der Waals surface area contributed by atoms with Crippen molar-refractivity contribution in [2.24, 2.45) is 5.92 Å². The largest absolute Gasteiger partial charge is 0.315 e. The molecule has 1 saturated heterocycles. The summed E-state index contributed by atoms with van der Waals surface area (Å²) in [4.78, 5) is 2.60. The molecule has 0 aliphatic carbocycles. The molecule has 0 amide bonds. The van der Waals surface area contributed by atoms with Gasteiger partial charge in [-0.2, -0.15) is 0 Å². The summed E-state index contributed by atoms with van der Waals surface area (Å²) >= 11 is 0. The fourth-order valence-corrected chi connectivity index (χ4v) is 1.96. The Hall–Kier alpha value is -0.0800. The summed E-state index contributed by atoms with van der Waals surface area (Å²) in [5, 5.41) is 3.42. The van der Waals surface area contributed by atoms with Crippen molar-refractivity contribution in [1.29, 1.82) is 0 Å². The smallest absolute Gasteiger partial charge is 0.0232 e. The monoisotopic (exact) mass is 172 g/mol. The molecule has 1 atom stereocenters. The van der Waals surface area contributed by atoms with E-state index in [9.17, 15) is 0 Å². The standard InChI is InChI=1S/C10H22N2.H2/c1-4-12(8-9(2)3)10-5-6-11-7-10;/h9-11H,4-8H2,1-3H3;1H. The molecule has 1 N–H and O–H groups in total. The van der Waals surface area contributed by atoms with Gasteiger partial charge in [-0.3, -0.25) is 4.90 Å². The van der Waals surface area contributed by atoms with Gasteiger partial charge >= 0.3 is 0 Å². The maximum atomic E-state index is 3.42. The third kappa shape index (κ3) is 2.76. The van der Waals surface area contributed by atoms with Crippen molar-refractivity contribution in [2.75, 3.05) is 26.2 Å². The molecule has 12 heavy (non-hydrogen) atoms. The average molecular weight is 172 g/mol. The van der Waals surface area contributed by atoms with Gasteiger partial charge in [0.15, 0.2) is 0 Å². The van der Waals surface area contributed by atoms with E-state index in [1.807, 2.05) is 0 Å². The van der Waals surface area contributed by atoms with Gasteiger partial charge in [0.2, 0.25) is 0 Å². The van der Waals surface area contributed by atoms with E-state index in [4.69, 9.17) is 0 Å². The molecule has 2 nitrogen and oxygen atoms in total. The molecule has 1 fully saturated rings. The van der Waals surface area contributed by atoms with Crippen LogP contribution in [0.15, 0.2) is 0 Å². The number of nitrogens with zero attached hydrogens (tertiary/aromatic N) is 1. The number of hydrogen-bond acceptors (Lipinski definition) is 2. The molecule has 1 rings (SSSR count). The lowest BCUT2D eigenvalue weighted by Gasteiger charge is -2.28. The van der Waals surface area contributed by atoms with Crippen LogP contribution >= 0.6 is 0 Å². The van der Waals surface area contributed by atoms with Crippen LogP contribution in [0.5, 0.6) is 0 Å². The van der Waals surface area contributed by atoms with Crippen molar-refractivity contribution in [2.45, 2.75) is 33.2 Å². The molecule has 0 aromatic carbocycles. The van der Waals surface area contributed by atoms with Gasteiger partial charge in [0.1, 0.15) is 0 Å². The maximum Gasteiger partial charge on any atom is 0.0232 e. The molecule has 1 heterocycles. The average Bonchev–Trinajstić information content (AvgIpc) is 2.51. The van der Waals surface area contributed by atoms with Gasteiger partial charge in [-0.15, -0.1) is 0 Å². The highest BCUT2D eigenvalue weighted by atomic mass is 15.2. The zero-order chi connectivity index (χ0) is 8.97. The highest BCUT2D eigenvalue weighted by Crippen LogP contribution is 2.10. The summed E-state index contributed by atoms with van der Waals surface area (Å²) in [6.45, 7) is 11.7. The van der Waals surface area contributed by atoms with E-state index in [0.717, 1.165) is 12.0 Å². The van der Waals surface area contributed by atoms with Gasteiger partial charge in [0.25, 0.3) is 0 Å². The van der Waals surface area contributed by atoms with Crippen molar-refractivity contribution in [3.05, 3.63) is 0 Å². The van der Waals surface area contributed by atoms with Crippen LogP contribution in [0.25, 0.3) is 0 Å². The first kappa shape index (κ1) is 10.0. The van der Waals surface area contributed by atoms with E-state index >= 15 is 0 Å².